The third kappa shape index (κ3) is 4.21. The lowest BCUT2D eigenvalue weighted by Gasteiger charge is -1.91. The van der Waals surface area contributed by atoms with E-state index < -0.39 is 6.23 Å². The van der Waals surface area contributed by atoms with Crippen LogP contribution < -0.4 is 4.84 Å². The Morgan fingerprint density at radius 2 is 2.20 bits per heavy atom. The largest absolute Gasteiger partial charge is 0.378 e. The topological polar surface area (TPSA) is 32.3 Å². The molecule has 2 nitrogen and oxygen atoms in total. The molecule has 0 radical (unpaired) electrons. The van der Waals surface area contributed by atoms with Gasteiger partial charge in [-0.25, -0.2) is 4.84 Å². The molecule has 1 atom stereocenters. The summed E-state index contributed by atoms with van der Waals surface area (Å²) in [5, 5.41) is 8.12. The smallest absolute Gasteiger partial charge is 0.115 e. The fourth-order valence-corrected chi connectivity index (χ4v) is 0. The molecule has 0 aromatic heterocycles. The first-order valence-corrected chi connectivity index (χ1v) is 1.69. The Kier molecular flexibility index (Phi) is 2.55. The van der Waals surface area contributed by atoms with Crippen LogP contribution in [0.4, 0.5) is 0 Å². The molecule has 0 bridgehead atoms. The van der Waals surface area contributed by atoms with Crippen LogP contribution in [0.1, 0.15) is 6.92 Å². The number of hydrogen-bond donors (Lipinski definition) is 2. The first kappa shape index (κ1) is 5.21. The molecule has 0 rings (SSSR count). The molecule has 3 heteroatoms. The molecule has 0 fully saturated rings. The van der Waals surface area contributed by atoms with Crippen LogP contribution in [0, 0.1) is 0 Å². The first-order chi connectivity index (χ1) is 2.27. The minimum absolute atomic E-state index is 0.600. The number of nitrogens with one attached hydrogen (secondary N) is 1. The van der Waals surface area contributed by atoms with Gasteiger partial charge < -0.3 is 5.11 Å². The Balaban J connectivity index is 2.54. The molecule has 0 saturated heterocycles. The second-order valence-corrected chi connectivity index (χ2v) is 1.00. The van der Waals surface area contributed by atoms with Crippen LogP contribution in [0.5, 0.6) is 0 Å². The molecule has 32 valence electrons. The van der Waals surface area contributed by atoms with Gasteiger partial charge in [0, 0.05) is 0 Å². The average Bonchev–Trinajstić information content (AvgIpc) is 1.38. The highest BCUT2D eigenvalue weighted by atomic mass is 35.5. The summed E-state index contributed by atoms with van der Waals surface area (Å²) in [4.78, 5) is 2.06. The Hall–Kier alpha value is 0.210. The fourth-order valence-electron chi connectivity index (χ4n) is 0. The summed E-state index contributed by atoms with van der Waals surface area (Å²) in [7, 11) is 0. The maximum absolute atomic E-state index is 8.12. The van der Waals surface area contributed by atoms with E-state index in [0.717, 1.165) is 0 Å². The molecule has 0 aromatic carbocycles. The zero-order valence-electron chi connectivity index (χ0n) is 2.90. The van der Waals surface area contributed by atoms with Crippen LogP contribution in [-0.4, -0.2) is 11.3 Å². The average molecular weight is 95.5 g/mol. The summed E-state index contributed by atoms with van der Waals surface area (Å²) in [5.41, 5.74) is 0. The summed E-state index contributed by atoms with van der Waals surface area (Å²) in [6.07, 6.45) is -0.600. The fraction of sp³-hybridized carbons (Fsp3) is 1.00. The van der Waals surface area contributed by atoms with Crippen LogP contribution >= 0.6 is 11.8 Å². The van der Waals surface area contributed by atoms with Crippen molar-refractivity contribution in [1.29, 1.82) is 0 Å². The van der Waals surface area contributed by atoms with Crippen LogP contribution in [0.3, 0.4) is 0 Å². The highest BCUT2D eigenvalue weighted by Crippen LogP contribution is 1.68. The zero-order valence-corrected chi connectivity index (χ0v) is 3.66. The molecule has 0 aliphatic heterocycles. The quantitative estimate of drug-likeness (QED) is 0.357. The number of rotatable bonds is 1. The van der Waals surface area contributed by atoms with Crippen molar-refractivity contribution in [2.75, 3.05) is 0 Å². The van der Waals surface area contributed by atoms with Crippen LogP contribution in [0.25, 0.3) is 0 Å². The summed E-state index contributed by atoms with van der Waals surface area (Å²) >= 11 is 4.84. The van der Waals surface area contributed by atoms with Crippen molar-refractivity contribution in [3.63, 3.8) is 0 Å². The van der Waals surface area contributed by atoms with Gasteiger partial charge in [0.15, 0.2) is 0 Å². The van der Waals surface area contributed by atoms with Gasteiger partial charge in [0.25, 0.3) is 0 Å². The Labute approximate surface area is 35.9 Å². The highest BCUT2D eigenvalue weighted by Gasteiger charge is 1.81. The third-order valence-electron chi connectivity index (χ3n) is 0.158. The number of aliphatic hydroxyl groups excluding tert-OH is 1. The predicted octanol–water partition coefficient (Wildman–Crippen LogP) is 0.0681. The molecule has 0 amide bonds. The number of hydrogen-bond acceptors (Lipinski definition) is 2. The van der Waals surface area contributed by atoms with Gasteiger partial charge in [-0.2, -0.15) is 0 Å². The first-order valence-electron chi connectivity index (χ1n) is 1.31. The number of halogens is 1. The second kappa shape index (κ2) is 2.45. The zero-order chi connectivity index (χ0) is 4.28. The third-order valence-corrected chi connectivity index (χ3v) is 0.474. The molecule has 0 spiro atoms. The van der Waals surface area contributed by atoms with Gasteiger partial charge in [-0.3, -0.25) is 0 Å². The lowest BCUT2D eigenvalue weighted by Crippen LogP contribution is -2.13. The van der Waals surface area contributed by atoms with E-state index in [9.17, 15) is 0 Å². The normalized spacial score (nSPS) is 15.0. The SMILES string of the molecule is CC(O)NCl. The number of aliphatic hydroxyl groups is 1. The van der Waals surface area contributed by atoms with Crippen molar-refractivity contribution >= 4 is 11.8 Å². The Bertz CT molecular complexity index is 23.6. The van der Waals surface area contributed by atoms with Gasteiger partial charge in [-0.05, 0) is 18.7 Å². The van der Waals surface area contributed by atoms with E-state index in [1.807, 2.05) is 0 Å². The van der Waals surface area contributed by atoms with Gasteiger partial charge in [-0.15, -0.1) is 0 Å². The summed E-state index contributed by atoms with van der Waals surface area (Å²) in [5.74, 6) is 0. The Morgan fingerprint density at radius 1 is 2.00 bits per heavy atom. The molecular formula is C2H6ClNO. The second-order valence-electron chi connectivity index (χ2n) is 0.785. The van der Waals surface area contributed by atoms with E-state index in [1.54, 1.807) is 0 Å². The molecule has 0 aliphatic rings. The molecular weight excluding hydrogens is 89.5 g/mol. The lowest BCUT2D eigenvalue weighted by atomic mass is 10.7. The van der Waals surface area contributed by atoms with Gasteiger partial charge in [-0.1, -0.05) is 0 Å². The van der Waals surface area contributed by atoms with Crippen LogP contribution in [-0.2, 0) is 0 Å². The molecule has 0 aliphatic carbocycles. The minimum Gasteiger partial charge on any atom is -0.378 e. The van der Waals surface area contributed by atoms with E-state index >= 15 is 0 Å². The van der Waals surface area contributed by atoms with Crippen molar-refractivity contribution in [3.8, 4) is 0 Å². The standard InChI is InChI=1S/C2H6ClNO/c1-2(5)4-3/h2,4-5H,1H3. The van der Waals surface area contributed by atoms with E-state index in [-0.39, 0.29) is 0 Å². The summed E-state index contributed by atoms with van der Waals surface area (Å²) in [6.45, 7) is 1.53. The minimum atomic E-state index is -0.600. The van der Waals surface area contributed by atoms with E-state index in [0.29, 0.717) is 0 Å². The molecule has 0 heterocycles. The van der Waals surface area contributed by atoms with E-state index in [2.05, 4.69) is 4.84 Å². The Morgan fingerprint density at radius 3 is 2.20 bits per heavy atom. The van der Waals surface area contributed by atoms with E-state index in [1.165, 1.54) is 6.92 Å². The molecule has 1 unspecified atom stereocenters. The molecule has 0 saturated carbocycles. The van der Waals surface area contributed by atoms with Crippen molar-refractivity contribution in [2.45, 2.75) is 13.2 Å². The van der Waals surface area contributed by atoms with Crippen LogP contribution in [0.15, 0.2) is 0 Å². The maximum atomic E-state index is 8.12. The molecule has 5 heavy (non-hydrogen) atoms. The molecule has 0 aromatic rings. The van der Waals surface area contributed by atoms with Crippen molar-refractivity contribution in [1.82, 2.24) is 4.84 Å². The van der Waals surface area contributed by atoms with E-state index in [4.69, 9.17) is 16.9 Å². The predicted molar refractivity (Wildman–Crippen MR) is 20.7 cm³/mol. The lowest BCUT2D eigenvalue weighted by molar-refractivity contribution is 0.185. The van der Waals surface area contributed by atoms with Crippen molar-refractivity contribution < 1.29 is 5.11 Å². The van der Waals surface area contributed by atoms with Gasteiger partial charge in [0.05, 0.1) is 0 Å². The summed E-state index contributed by atoms with van der Waals surface area (Å²) < 4.78 is 0. The maximum Gasteiger partial charge on any atom is 0.115 e. The van der Waals surface area contributed by atoms with Gasteiger partial charge in [0.2, 0.25) is 0 Å². The van der Waals surface area contributed by atoms with Gasteiger partial charge in [0.1, 0.15) is 6.23 Å². The monoisotopic (exact) mass is 95.0 g/mol. The van der Waals surface area contributed by atoms with Crippen molar-refractivity contribution in [2.24, 2.45) is 0 Å². The van der Waals surface area contributed by atoms with Crippen LogP contribution in [0.2, 0.25) is 0 Å². The van der Waals surface area contributed by atoms with Crippen molar-refractivity contribution in [3.05, 3.63) is 0 Å². The van der Waals surface area contributed by atoms with Gasteiger partial charge >= 0.3 is 0 Å². The molecule has 2 N–H and O–H groups in total. The summed E-state index contributed by atoms with van der Waals surface area (Å²) in [6, 6.07) is 0. The highest BCUT2D eigenvalue weighted by molar-refractivity contribution is 6.13.